The molecule has 2 heterocycles. The molecule has 0 saturated heterocycles. The summed E-state index contributed by atoms with van der Waals surface area (Å²) >= 11 is 0. The fourth-order valence-corrected chi connectivity index (χ4v) is 2.82. The Bertz CT molecular complexity index is 1020. The van der Waals surface area contributed by atoms with Gasteiger partial charge < -0.3 is 4.98 Å². The third-order valence-electron chi connectivity index (χ3n) is 3.94. The lowest BCUT2D eigenvalue weighted by Gasteiger charge is -2.09. The van der Waals surface area contributed by atoms with Gasteiger partial charge in [0, 0.05) is 40.7 Å². The van der Waals surface area contributed by atoms with Crippen LogP contribution in [0.15, 0.2) is 83.9 Å². The number of hydrogen-bond acceptors (Lipinski definition) is 2. The molecule has 0 radical (unpaired) electrons. The standard InChI is InChI=1S/C20H14N2O/c23-19-13-18(15-9-11-21-12-10-15)22-20-16(7-4-8-17(19)20)14-5-2-1-3-6-14/h1-13H,(H,22,23). The summed E-state index contributed by atoms with van der Waals surface area (Å²) in [4.78, 5) is 20.0. The van der Waals surface area contributed by atoms with Gasteiger partial charge in [-0.15, -0.1) is 0 Å². The van der Waals surface area contributed by atoms with E-state index in [1.54, 1.807) is 18.5 Å². The van der Waals surface area contributed by atoms with Gasteiger partial charge in [0.1, 0.15) is 0 Å². The molecule has 0 unspecified atom stereocenters. The van der Waals surface area contributed by atoms with Crippen LogP contribution in [0, 0.1) is 0 Å². The number of H-pyrrole nitrogens is 1. The van der Waals surface area contributed by atoms with Crippen molar-refractivity contribution in [2.75, 3.05) is 0 Å². The fraction of sp³-hybridized carbons (Fsp3) is 0. The van der Waals surface area contributed by atoms with E-state index in [1.807, 2.05) is 60.7 Å². The molecule has 3 nitrogen and oxygen atoms in total. The number of pyridine rings is 2. The maximum absolute atomic E-state index is 12.5. The monoisotopic (exact) mass is 298 g/mol. The predicted molar refractivity (Wildman–Crippen MR) is 93.2 cm³/mol. The molecule has 1 N–H and O–H groups in total. The minimum Gasteiger partial charge on any atom is -0.354 e. The number of nitrogens with one attached hydrogen (secondary N) is 1. The van der Waals surface area contributed by atoms with Crippen LogP contribution >= 0.6 is 0 Å². The van der Waals surface area contributed by atoms with Gasteiger partial charge in [-0.05, 0) is 23.8 Å². The van der Waals surface area contributed by atoms with Gasteiger partial charge in [-0.25, -0.2) is 0 Å². The average molecular weight is 298 g/mol. The normalized spacial score (nSPS) is 10.8. The zero-order valence-corrected chi connectivity index (χ0v) is 12.4. The largest absolute Gasteiger partial charge is 0.354 e. The van der Waals surface area contributed by atoms with Gasteiger partial charge in [0.25, 0.3) is 0 Å². The van der Waals surface area contributed by atoms with Crippen molar-refractivity contribution in [3.63, 3.8) is 0 Å². The van der Waals surface area contributed by atoms with E-state index < -0.39 is 0 Å². The van der Waals surface area contributed by atoms with Gasteiger partial charge >= 0.3 is 0 Å². The van der Waals surface area contributed by atoms with Gasteiger partial charge in [0.15, 0.2) is 5.43 Å². The molecular formula is C20H14N2O. The zero-order valence-electron chi connectivity index (χ0n) is 12.4. The number of rotatable bonds is 2. The molecule has 2 aromatic heterocycles. The van der Waals surface area contributed by atoms with Gasteiger partial charge in [-0.1, -0.05) is 42.5 Å². The van der Waals surface area contributed by atoms with Crippen molar-refractivity contribution in [3.05, 3.63) is 89.3 Å². The highest BCUT2D eigenvalue weighted by Gasteiger charge is 2.09. The van der Waals surface area contributed by atoms with Crippen LogP contribution in [-0.2, 0) is 0 Å². The Morgan fingerprint density at radius 2 is 1.57 bits per heavy atom. The van der Waals surface area contributed by atoms with Crippen molar-refractivity contribution in [3.8, 4) is 22.4 Å². The van der Waals surface area contributed by atoms with E-state index in [0.29, 0.717) is 5.39 Å². The molecular weight excluding hydrogens is 284 g/mol. The minimum atomic E-state index is 0.0170. The topological polar surface area (TPSA) is 45.8 Å². The molecule has 0 atom stereocenters. The SMILES string of the molecule is O=c1cc(-c2ccncc2)[nH]c2c(-c3ccccc3)cccc12. The molecule has 110 valence electrons. The van der Waals surface area contributed by atoms with E-state index in [-0.39, 0.29) is 5.43 Å². The molecule has 4 aromatic rings. The second-order valence-corrected chi connectivity index (χ2v) is 5.38. The van der Waals surface area contributed by atoms with Crippen LogP contribution in [0.5, 0.6) is 0 Å². The first-order valence-electron chi connectivity index (χ1n) is 7.45. The van der Waals surface area contributed by atoms with Crippen LogP contribution in [0.25, 0.3) is 33.3 Å². The number of aromatic nitrogens is 2. The lowest BCUT2D eigenvalue weighted by molar-refractivity contribution is 1.31. The summed E-state index contributed by atoms with van der Waals surface area (Å²) in [6.45, 7) is 0. The van der Waals surface area contributed by atoms with E-state index in [2.05, 4.69) is 9.97 Å². The van der Waals surface area contributed by atoms with Crippen LogP contribution in [0.4, 0.5) is 0 Å². The zero-order chi connectivity index (χ0) is 15.6. The van der Waals surface area contributed by atoms with Crippen LogP contribution in [-0.4, -0.2) is 9.97 Å². The molecule has 3 heteroatoms. The summed E-state index contributed by atoms with van der Waals surface area (Å²) in [5, 5.41) is 0.698. The molecule has 0 spiro atoms. The first-order chi connectivity index (χ1) is 11.3. The average Bonchev–Trinajstić information content (AvgIpc) is 2.63. The molecule has 4 rings (SSSR count). The van der Waals surface area contributed by atoms with Crippen molar-refractivity contribution >= 4 is 10.9 Å². The maximum atomic E-state index is 12.5. The smallest absolute Gasteiger partial charge is 0.190 e. The second kappa shape index (κ2) is 5.54. The third-order valence-corrected chi connectivity index (χ3v) is 3.94. The van der Waals surface area contributed by atoms with Crippen molar-refractivity contribution in [1.82, 2.24) is 9.97 Å². The molecule has 0 aliphatic heterocycles. The highest BCUT2D eigenvalue weighted by molar-refractivity contribution is 5.94. The van der Waals surface area contributed by atoms with Crippen molar-refractivity contribution in [1.29, 1.82) is 0 Å². The number of fused-ring (bicyclic) bond motifs is 1. The Morgan fingerprint density at radius 3 is 2.35 bits per heavy atom. The lowest BCUT2D eigenvalue weighted by Crippen LogP contribution is -2.03. The Kier molecular flexibility index (Phi) is 3.24. The summed E-state index contributed by atoms with van der Waals surface area (Å²) in [6.07, 6.45) is 3.45. The number of benzene rings is 2. The lowest BCUT2D eigenvalue weighted by atomic mass is 10.0. The van der Waals surface area contributed by atoms with E-state index in [9.17, 15) is 4.79 Å². The van der Waals surface area contributed by atoms with Crippen molar-refractivity contribution in [2.24, 2.45) is 0 Å². The van der Waals surface area contributed by atoms with Crippen molar-refractivity contribution in [2.45, 2.75) is 0 Å². The van der Waals surface area contributed by atoms with Crippen LogP contribution in [0.3, 0.4) is 0 Å². The quantitative estimate of drug-likeness (QED) is 0.601. The Hall–Kier alpha value is -3.20. The molecule has 0 aliphatic rings. The molecule has 23 heavy (non-hydrogen) atoms. The Labute approximate surface area is 133 Å². The van der Waals surface area contributed by atoms with Crippen LogP contribution < -0.4 is 5.43 Å². The number of nitrogens with zero attached hydrogens (tertiary/aromatic N) is 1. The second-order valence-electron chi connectivity index (χ2n) is 5.38. The summed E-state index contributed by atoms with van der Waals surface area (Å²) in [5.41, 5.74) is 4.73. The first kappa shape index (κ1) is 13.5. The van der Waals surface area contributed by atoms with E-state index in [4.69, 9.17) is 0 Å². The number of hydrogen-bond donors (Lipinski definition) is 1. The maximum Gasteiger partial charge on any atom is 0.190 e. The Morgan fingerprint density at radius 1 is 0.783 bits per heavy atom. The molecule has 0 amide bonds. The van der Waals surface area contributed by atoms with Gasteiger partial charge in [0.05, 0.1) is 5.52 Å². The molecule has 0 fully saturated rings. The van der Waals surface area contributed by atoms with E-state index >= 15 is 0 Å². The number of para-hydroxylation sites is 1. The van der Waals surface area contributed by atoms with Gasteiger partial charge in [0.2, 0.25) is 0 Å². The third kappa shape index (κ3) is 2.42. The number of aromatic amines is 1. The highest BCUT2D eigenvalue weighted by atomic mass is 16.1. The molecule has 0 bridgehead atoms. The highest BCUT2D eigenvalue weighted by Crippen LogP contribution is 2.27. The van der Waals surface area contributed by atoms with E-state index in [1.165, 1.54) is 0 Å². The molecule has 0 saturated carbocycles. The molecule has 2 aromatic carbocycles. The summed E-state index contributed by atoms with van der Waals surface area (Å²) in [7, 11) is 0. The summed E-state index contributed by atoms with van der Waals surface area (Å²) in [6, 6.07) is 21.3. The van der Waals surface area contributed by atoms with Crippen molar-refractivity contribution < 1.29 is 0 Å². The Balaban J connectivity index is 2.03. The van der Waals surface area contributed by atoms with Gasteiger partial charge in [-0.3, -0.25) is 9.78 Å². The first-order valence-corrected chi connectivity index (χ1v) is 7.45. The summed E-state index contributed by atoms with van der Waals surface area (Å²) in [5.74, 6) is 0. The van der Waals surface area contributed by atoms with E-state index in [0.717, 1.165) is 27.9 Å². The van der Waals surface area contributed by atoms with Crippen LogP contribution in [0.1, 0.15) is 0 Å². The minimum absolute atomic E-state index is 0.0170. The summed E-state index contributed by atoms with van der Waals surface area (Å²) < 4.78 is 0. The fourth-order valence-electron chi connectivity index (χ4n) is 2.82. The van der Waals surface area contributed by atoms with Crippen LogP contribution in [0.2, 0.25) is 0 Å². The predicted octanol–water partition coefficient (Wildman–Crippen LogP) is 4.26. The molecule has 0 aliphatic carbocycles. The van der Waals surface area contributed by atoms with Gasteiger partial charge in [-0.2, -0.15) is 0 Å².